The van der Waals surface area contributed by atoms with Gasteiger partial charge in [0, 0.05) is 69.0 Å². The van der Waals surface area contributed by atoms with E-state index in [-0.39, 0.29) is 17.9 Å². The minimum absolute atomic E-state index is 0.0164. The van der Waals surface area contributed by atoms with Crippen LogP contribution in [0.15, 0.2) is 72.0 Å². The van der Waals surface area contributed by atoms with Gasteiger partial charge in [-0.05, 0) is 86.9 Å². The molecule has 2 fully saturated rings. The summed E-state index contributed by atoms with van der Waals surface area (Å²) >= 11 is 0. The van der Waals surface area contributed by atoms with E-state index in [4.69, 9.17) is 5.73 Å². The molecule has 2 heterocycles. The molecular formula is C35H43N7O2. The van der Waals surface area contributed by atoms with Crippen molar-refractivity contribution >= 4 is 40.8 Å². The van der Waals surface area contributed by atoms with Crippen molar-refractivity contribution in [2.24, 2.45) is 10.7 Å². The van der Waals surface area contributed by atoms with E-state index in [1.807, 2.05) is 44.0 Å². The fourth-order valence-electron chi connectivity index (χ4n) is 5.74. The van der Waals surface area contributed by atoms with Crippen LogP contribution < -0.4 is 21.3 Å². The average molecular weight is 594 g/mol. The summed E-state index contributed by atoms with van der Waals surface area (Å²) in [6.45, 7) is 5.43. The van der Waals surface area contributed by atoms with Crippen LogP contribution in [0.25, 0.3) is 5.57 Å². The van der Waals surface area contributed by atoms with E-state index in [2.05, 4.69) is 49.8 Å². The second-order valence-corrected chi connectivity index (χ2v) is 12.0. The number of aliphatic imine (C=N–C) groups is 1. The summed E-state index contributed by atoms with van der Waals surface area (Å²) in [4.78, 5) is 39.5. The summed E-state index contributed by atoms with van der Waals surface area (Å²) in [7, 11) is 3.77. The van der Waals surface area contributed by atoms with E-state index < -0.39 is 0 Å². The zero-order valence-electron chi connectivity index (χ0n) is 26.1. The first-order valence-corrected chi connectivity index (χ1v) is 15.4. The molecule has 0 radical (unpaired) electrons. The average Bonchev–Trinajstić information content (AvgIpc) is 3.89. The third-order valence-electron chi connectivity index (χ3n) is 8.37. The van der Waals surface area contributed by atoms with E-state index in [9.17, 15) is 9.59 Å². The Bertz CT molecular complexity index is 1520. The lowest BCUT2D eigenvalue weighted by Crippen LogP contribution is -2.38. The smallest absolute Gasteiger partial charge is 0.257 e. The number of nitrogens with one attached hydrogen (secondary N) is 2. The number of pyridine rings is 1. The number of anilines is 3. The van der Waals surface area contributed by atoms with Gasteiger partial charge in [0.15, 0.2) is 0 Å². The molecule has 230 valence electrons. The van der Waals surface area contributed by atoms with Gasteiger partial charge in [0.25, 0.3) is 11.8 Å². The normalized spacial score (nSPS) is 15.9. The minimum atomic E-state index is -0.258. The fourth-order valence-corrected chi connectivity index (χ4v) is 5.74. The Balaban J connectivity index is 1.27. The number of hydrogen-bond acceptors (Lipinski definition) is 7. The van der Waals surface area contributed by atoms with Gasteiger partial charge >= 0.3 is 0 Å². The number of amides is 2. The lowest BCUT2D eigenvalue weighted by Gasteiger charge is -2.32. The molecule has 1 aliphatic carbocycles. The van der Waals surface area contributed by atoms with Crippen molar-refractivity contribution in [2.45, 2.75) is 57.5 Å². The molecular weight excluding hydrogens is 550 g/mol. The molecule has 0 unspecified atom stereocenters. The second-order valence-electron chi connectivity index (χ2n) is 12.0. The maximum atomic E-state index is 13.7. The van der Waals surface area contributed by atoms with Crippen LogP contribution >= 0.6 is 0 Å². The van der Waals surface area contributed by atoms with Gasteiger partial charge in [0.1, 0.15) is 5.82 Å². The van der Waals surface area contributed by atoms with Gasteiger partial charge in [-0.15, -0.1) is 0 Å². The largest absolute Gasteiger partial charge is 0.404 e. The number of nitrogens with zero attached hydrogens (tertiary/aromatic N) is 4. The van der Waals surface area contributed by atoms with Gasteiger partial charge in [0.2, 0.25) is 0 Å². The zero-order chi connectivity index (χ0) is 31.2. The SMILES string of the molecule is CN=CC(=CN)c1ccc(C2CCN(C(=O)c3ccc(N(C)C4CC4)c(NC(=O)c4ccc(NC(C)C)nc4)c3)CC2)cc1. The number of carbonyl (C=O) groups excluding carboxylic acids is 2. The first kappa shape index (κ1) is 30.8. The van der Waals surface area contributed by atoms with Gasteiger partial charge in [0.05, 0.1) is 16.9 Å². The molecule has 1 aliphatic heterocycles. The summed E-state index contributed by atoms with van der Waals surface area (Å²) in [5.41, 5.74) is 11.5. The molecule has 1 aromatic heterocycles. The van der Waals surface area contributed by atoms with Crippen LogP contribution in [0.1, 0.15) is 77.3 Å². The van der Waals surface area contributed by atoms with E-state index in [0.717, 1.165) is 48.3 Å². The van der Waals surface area contributed by atoms with E-state index in [1.54, 1.807) is 37.8 Å². The maximum Gasteiger partial charge on any atom is 0.257 e. The van der Waals surface area contributed by atoms with Crippen molar-refractivity contribution in [3.8, 4) is 0 Å². The lowest BCUT2D eigenvalue weighted by molar-refractivity contribution is 0.0712. The van der Waals surface area contributed by atoms with E-state index in [0.29, 0.717) is 41.9 Å². The Morgan fingerprint density at radius 1 is 1.00 bits per heavy atom. The Morgan fingerprint density at radius 2 is 1.68 bits per heavy atom. The number of rotatable bonds is 10. The molecule has 2 aromatic carbocycles. The topological polar surface area (TPSA) is 116 Å². The van der Waals surface area contributed by atoms with Crippen LogP contribution in [0, 0.1) is 0 Å². The third kappa shape index (κ3) is 7.27. The highest BCUT2D eigenvalue weighted by molar-refractivity contribution is 6.09. The number of piperidine rings is 1. The molecule has 9 heteroatoms. The standard InChI is InChI=1S/C35H43N7O2/c1-23(2)39-33-14-10-28(22-38-33)34(43)40-31-19-27(9-13-32(31)41(4)30-11-12-30)35(44)42-17-15-26(16-18-42)24-5-7-25(8-6-24)29(20-36)21-37-3/h5-10,13-14,19-23,26,30H,11-12,15-18,36H2,1-4H3,(H,38,39)(H,40,43). The van der Waals surface area contributed by atoms with Crippen molar-refractivity contribution < 1.29 is 9.59 Å². The van der Waals surface area contributed by atoms with Crippen molar-refractivity contribution in [2.75, 3.05) is 42.7 Å². The number of carbonyl (C=O) groups is 2. The highest BCUT2D eigenvalue weighted by atomic mass is 16.2. The Labute approximate surface area is 260 Å². The fraction of sp³-hybridized carbons (Fsp3) is 0.371. The monoisotopic (exact) mass is 593 g/mol. The number of allylic oxidation sites excluding steroid dienone is 1. The summed E-state index contributed by atoms with van der Waals surface area (Å²) in [5.74, 6) is 0.834. The number of nitrogens with two attached hydrogens (primary N) is 1. The number of likely N-dealkylation sites (tertiary alicyclic amines) is 1. The zero-order valence-corrected chi connectivity index (χ0v) is 26.1. The summed E-state index contributed by atoms with van der Waals surface area (Å²) in [6.07, 6.45) is 8.92. The molecule has 0 bridgehead atoms. The molecule has 1 saturated carbocycles. The molecule has 5 rings (SSSR count). The van der Waals surface area contributed by atoms with Crippen molar-refractivity contribution in [3.05, 3.63) is 89.2 Å². The van der Waals surface area contributed by atoms with Crippen LogP contribution in [0.3, 0.4) is 0 Å². The minimum Gasteiger partial charge on any atom is -0.404 e. The van der Waals surface area contributed by atoms with Crippen LogP contribution in [0.4, 0.5) is 17.2 Å². The molecule has 0 atom stereocenters. The highest BCUT2D eigenvalue weighted by Gasteiger charge is 2.30. The van der Waals surface area contributed by atoms with Gasteiger partial charge in [-0.25, -0.2) is 4.98 Å². The number of benzene rings is 2. The summed E-state index contributed by atoms with van der Waals surface area (Å²) in [6, 6.07) is 18.4. The first-order chi connectivity index (χ1) is 21.3. The number of aromatic nitrogens is 1. The van der Waals surface area contributed by atoms with Crippen LogP contribution in [-0.2, 0) is 0 Å². The predicted octanol–water partition coefficient (Wildman–Crippen LogP) is 5.77. The molecule has 9 nitrogen and oxygen atoms in total. The number of hydrogen-bond donors (Lipinski definition) is 3. The van der Waals surface area contributed by atoms with Gasteiger partial charge in [-0.3, -0.25) is 14.6 Å². The van der Waals surface area contributed by atoms with Crippen LogP contribution in [0.5, 0.6) is 0 Å². The highest BCUT2D eigenvalue weighted by Crippen LogP contribution is 2.36. The summed E-state index contributed by atoms with van der Waals surface area (Å²) in [5, 5.41) is 6.31. The molecule has 2 aliphatic rings. The van der Waals surface area contributed by atoms with Crippen LogP contribution in [-0.4, -0.2) is 67.2 Å². The lowest BCUT2D eigenvalue weighted by atomic mass is 9.88. The second kappa shape index (κ2) is 13.8. The van der Waals surface area contributed by atoms with E-state index in [1.165, 1.54) is 5.56 Å². The quantitative estimate of drug-likeness (QED) is 0.257. The van der Waals surface area contributed by atoms with E-state index >= 15 is 0 Å². The Morgan fingerprint density at radius 3 is 2.27 bits per heavy atom. The van der Waals surface area contributed by atoms with Crippen LogP contribution in [0.2, 0.25) is 0 Å². The predicted molar refractivity (Wildman–Crippen MR) is 180 cm³/mol. The van der Waals surface area contributed by atoms with Gasteiger partial charge in [-0.2, -0.15) is 0 Å². The molecule has 3 aromatic rings. The third-order valence-corrected chi connectivity index (χ3v) is 8.37. The van der Waals surface area contributed by atoms with Gasteiger partial charge < -0.3 is 26.2 Å². The Hall–Kier alpha value is -4.66. The molecule has 4 N–H and O–H groups in total. The van der Waals surface area contributed by atoms with Crippen molar-refractivity contribution in [1.29, 1.82) is 0 Å². The van der Waals surface area contributed by atoms with Crippen molar-refractivity contribution in [3.63, 3.8) is 0 Å². The molecule has 1 saturated heterocycles. The Kier molecular flexibility index (Phi) is 9.62. The summed E-state index contributed by atoms with van der Waals surface area (Å²) < 4.78 is 0. The molecule has 2 amide bonds. The van der Waals surface area contributed by atoms with Crippen molar-refractivity contribution in [1.82, 2.24) is 9.88 Å². The molecule has 0 spiro atoms. The maximum absolute atomic E-state index is 13.7. The first-order valence-electron chi connectivity index (χ1n) is 15.4. The van der Waals surface area contributed by atoms with Gasteiger partial charge in [-0.1, -0.05) is 24.3 Å². The molecule has 44 heavy (non-hydrogen) atoms.